The van der Waals surface area contributed by atoms with Crippen LogP contribution in [0.2, 0.25) is 0 Å². The maximum absolute atomic E-state index is 10.8. The monoisotopic (exact) mass is 301 g/mol. The molecule has 0 heterocycles. The van der Waals surface area contributed by atoms with Gasteiger partial charge in [-0.15, -0.1) is 0 Å². The number of hydrogen-bond donors (Lipinski definition) is 1. The summed E-state index contributed by atoms with van der Waals surface area (Å²) in [5.74, 6) is -0.797. The summed E-state index contributed by atoms with van der Waals surface area (Å²) in [6, 6.07) is 2.69. The summed E-state index contributed by atoms with van der Waals surface area (Å²) in [6.07, 6.45) is 1.97. The van der Waals surface area contributed by atoms with Crippen LogP contribution in [0.15, 0.2) is 22.7 Å². The van der Waals surface area contributed by atoms with Gasteiger partial charge in [-0.05, 0) is 28.1 Å². The van der Waals surface area contributed by atoms with E-state index < -0.39 is 10.9 Å². The average molecular weight is 302 g/mol. The lowest BCUT2D eigenvalue weighted by Crippen LogP contribution is -1.95. The fourth-order valence-corrected chi connectivity index (χ4v) is 1.82. The zero-order chi connectivity index (χ0) is 13.0. The van der Waals surface area contributed by atoms with Crippen molar-refractivity contribution in [2.24, 2.45) is 0 Å². The molecule has 1 aromatic rings. The third-order valence-corrected chi connectivity index (χ3v) is 2.75. The van der Waals surface area contributed by atoms with Crippen molar-refractivity contribution in [2.45, 2.75) is 0 Å². The first-order chi connectivity index (χ1) is 7.97. The van der Waals surface area contributed by atoms with Crippen LogP contribution in [0.4, 0.5) is 5.69 Å². The number of nitro benzene ring substituents is 1. The van der Waals surface area contributed by atoms with Gasteiger partial charge in [0.25, 0.3) is 5.69 Å². The highest BCUT2D eigenvalue weighted by molar-refractivity contribution is 9.10. The number of nitrogens with zero attached hydrogens (tertiary/aromatic N) is 1. The van der Waals surface area contributed by atoms with Gasteiger partial charge >= 0.3 is 5.97 Å². The Bertz CT molecular complexity index is 498. The van der Waals surface area contributed by atoms with Gasteiger partial charge < -0.3 is 9.84 Å². The van der Waals surface area contributed by atoms with Crippen molar-refractivity contribution >= 4 is 33.7 Å². The number of benzene rings is 1. The van der Waals surface area contributed by atoms with E-state index in [-0.39, 0.29) is 11.3 Å². The van der Waals surface area contributed by atoms with Crippen molar-refractivity contribution in [3.05, 3.63) is 38.4 Å². The van der Waals surface area contributed by atoms with Crippen molar-refractivity contribution in [3.63, 3.8) is 0 Å². The molecule has 1 rings (SSSR count). The highest BCUT2D eigenvalue weighted by Crippen LogP contribution is 2.35. The Labute approximate surface area is 105 Å². The molecule has 6 nitrogen and oxygen atoms in total. The molecule has 0 spiro atoms. The number of carboxylic acid groups (broad SMARTS) is 1. The molecule has 1 aromatic carbocycles. The molecule has 17 heavy (non-hydrogen) atoms. The van der Waals surface area contributed by atoms with Gasteiger partial charge in [-0.1, -0.05) is 0 Å². The first-order valence-corrected chi connectivity index (χ1v) is 5.18. The second-order valence-corrected chi connectivity index (χ2v) is 3.74. The molecule has 1 N–H and O–H groups in total. The topological polar surface area (TPSA) is 89.7 Å². The summed E-state index contributed by atoms with van der Waals surface area (Å²) in [4.78, 5) is 20.6. The van der Waals surface area contributed by atoms with Crippen molar-refractivity contribution in [3.8, 4) is 5.75 Å². The van der Waals surface area contributed by atoms with Crippen LogP contribution in [0.5, 0.6) is 5.75 Å². The quantitative estimate of drug-likeness (QED) is 0.524. The molecular formula is C10H8BrNO5. The molecule has 0 saturated carbocycles. The highest BCUT2D eigenvalue weighted by Gasteiger charge is 2.18. The zero-order valence-electron chi connectivity index (χ0n) is 8.71. The minimum atomic E-state index is -1.19. The predicted octanol–water partition coefficient (Wildman–Crippen LogP) is 2.46. The molecule has 0 aliphatic heterocycles. The summed E-state index contributed by atoms with van der Waals surface area (Å²) < 4.78 is 5.32. The number of carbonyl (C=O) groups is 1. The van der Waals surface area contributed by atoms with Gasteiger partial charge in [0.2, 0.25) is 0 Å². The lowest BCUT2D eigenvalue weighted by molar-refractivity contribution is -0.385. The van der Waals surface area contributed by atoms with E-state index in [4.69, 9.17) is 9.84 Å². The van der Waals surface area contributed by atoms with Crippen LogP contribution in [0.1, 0.15) is 5.56 Å². The lowest BCUT2D eigenvalue weighted by Gasteiger charge is -2.06. The highest BCUT2D eigenvalue weighted by atomic mass is 79.9. The molecular weight excluding hydrogens is 294 g/mol. The third-order valence-electron chi connectivity index (χ3n) is 1.93. The van der Waals surface area contributed by atoms with Gasteiger partial charge in [-0.25, -0.2) is 4.79 Å². The number of halogens is 1. The van der Waals surface area contributed by atoms with Gasteiger partial charge in [0.05, 0.1) is 22.1 Å². The van der Waals surface area contributed by atoms with Crippen LogP contribution in [-0.4, -0.2) is 23.1 Å². The fourth-order valence-electron chi connectivity index (χ4n) is 1.19. The van der Waals surface area contributed by atoms with Crippen molar-refractivity contribution < 1.29 is 19.6 Å². The number of rotatable bonds is 4. The fraction of sp³-hybridized carbons (Fsp3) is 0.100. The van der Waals surface area contributed by atoms with E-state index in [2.05, 4.69) is 15.9 Å². The third kappa shape index (κ3) is 3.04. The molecule has 0 fully saturated rings. The van der Waals surface area contributed by atoms with Crippen LogP contribution in [0.25, 0.3) is 6.08 Å². The van der Waals surface area contributed by atoms with Gasteiger partial charge in [-0.3, -0.25) is 10.1 Å². The number of nitro groups is 1. The number of ether oxygens (including phenoxy) is 1. The molecule has 0 aliphatic carbocycles. The minimum Gasteiger partial charge on any atom is -0.496 e. The molecule has 7 heteroatoms. The van der Waals surface area contributed by atoms with Gasteiger partial charge in [-0.2, -0.15) is 0 Å². The van der Waals surface area contributed by atoms with E-state index in [0.717, 1.165) is 12.2 Å². The zero-order valence-corrected chi connectivity index (χ0v) is 10.3. The Hall–Kier alpha value is -1.89. The normalized spacial score (nSPS) is 10.5. The molecule has 0 aromatic heterocycles. The summed E-state index contributed by atoms with van der Waals surface area (Å²) in [5.41, 5.74) is -0.0491. The van der Waals surface area contributed by atoms with Crippen LogP contribution in [0, 0.1) is 10.1 Å². The Kier molecular flexibility index (Phi) is 4.22. The number of aliphatic carboxylic acids is 1. The predicted molar refractivity (Wildman–Crippen MR) is 64.0 cm³/mol. The SMILES string of the molecule is COc1ccc([N+](=O)[O-])c(/C=C/C(=O)O)c1Br. The van der Waals surface area contributed by atoms with Crippen molar-refractivity contribution in [1.29, 1.82) is 0 Å². The molecule has 0 aliphatic rings. The largest absolute Gasteiger partial charge is 0.496 e. The Morgan fingerprint density at radius 3 is 2.71 bits per heavy atom. The maximum atomic E-state index is 10.8. The van der Waals surface area contributed by atoms with Crippen LogP contribution >= 0.6 is 15.9 Å². The first-order valence-electron chi connectivity index (χ1n) is 4.39. The lowest BCUT2D eigenvalue weighted by atomic mass is 10.1. The maximum Gasteiger partial charge on any atom is 0.328 e. The van der Waals surface area contributed by atoms with Crippen molar-refractivity contribution in [2.75, 3.05) is 7.11 Å². The molecule has 0 saturated heterocycles. The molecule has 0 radical (unpaired) electrons. The molecule has 90 valence electrons. The van der Waals surface area contributed by atoms with E-state index in [0.29, 0.717) is 10.2 Å². The van der Waals surface area contributed by atoms with Crippen molar-refractivity contribution in [1.82, 2.24) is 0 Å². The standard InChI is InChI=1S/C10H8BrNO5/c1-17-8-4-3-7(12(15)16)6(10(8)11)2-5-9(13)14/h2-5H,1H3,(H,13,14)/b5-2+. The van der Waals surface area contributed by atoms with E-state index >= 15 is 0 Å². The summed E-state index contributed by atoms with van der Waals surface area (Å²) in [7, 11) is 1.41. The van der Waals surface area contributed by atoms with Crippen LogP contribution in [0.3, 0.4) is 0 Å². The van der Waals surface area contributed by atoms with Crippen LogP contribution < -0.4 is 4.74 Å². The number of methoxy groups -OCH3 is 1. The second kappa shape index (κ2) is 5.44. The molecule has 0 amide bonds. The van der Waals surface area contributed by atoms with E-state index in [1.165, 1.54) is 19.2 Å². The van der Waals surface area contributed by atoms with E-state index in [1.807, 2.05) is 0 Å². The summed E-state index contributed by atoms with van der Waals surface area (Å²) in [6.45, 7) is 0. The second-order valence-electron chi connectivity index (χ2n) is 2.94. The van der Waals surface area contributed by atoms with E-state index in [1.54, 1.807) is 0 Å². The molecule has 0 unspecified atom stereocenters. The average Bonchev–Trinajstić information content (AvgIpc) is 2.26. The first kappa shape index (κ1) is 13.2. The minimum absolute atomic E-state index is 0.150. The van der Waals surface area contributed by atoms with E-state index in [9.17, 15) is 14.9 Å². The summed E-state index contributed by atoms with van der Waals surface area (Å²) >= 11 is 3.14. The molecule has 0 bridgehead atoms. The summed E-state index contributed by atoms with van der Waals surface area (Å²) in [5, 5.41) is 19.3. The Morgan fingerprint density at radius 2 is 2.24 bits per heavy atom. The number of hydrogen-bond acceptors (Lipinski definition) is 4. The van der Waals surface area contributed by atoms with Gasteiger partial charge in [0, 0.05) is 12.1 Å². The smallest absolute Gasteiger partial charge is 0.328 e. The van der Waals surface area contributed by atoms with Gasteiger partial charge in [0.15, 0.2) is 0 Å². The van der Waals surface area contributed by atoms with Crippen LogP contribution in [-0.2, 0) is 4.79 Å². The number of carboxylic acids is 1. The Balaban J connectivity index is 3.39. The molecule has 0 atom stereocenters. The Morgan fingerprint density at radius 1 is 1.59 bits per heavy atom. The van der Waals surface area contributed by atoms with Gasteiger partial charge in [0.1, 0.15) is 5.75 Å².